The number of carbonyl (C=O) groups is 1. The minimum atomic E-state index is 0.222. The lowest BCUT2D eigenvalue weighted by Gasteiger charge is -2.19. The van der Waals surface area contributed by atoms with Crippen LogP contribution in [0.25, 0.3) is 0 Å². The van der Waals surface area contributed by atoms with Crippen molar-refractivity contribution in [1.82, 2.24) is 9.55 Å². The Morgan fingerprint density at radius 2 is 2.32 bits per heavy atom. The molecule has 2 aromatic rings. The lowest BCUT2D eigenvalue weighted by atomic mass is 9.96. The van der Waals surface area contributed by atoms with Crippen LogP contribution in [0.2, 0.25) is 0 Å². The number of aromatic nitrogens is 2. The normalized spacial score (nSPS) is 16.4. The molecular formula is C15H18N2OS. The van der Waals surface area contributed by atoms with E-state index in [2.05, 4.69) is 23.4 Å². The van der Waals surface area contributed by atoms with E-state index in [1.54, 1.807) is 11.3 Å². The fraction of sp³-hybridized carbons (Fsp3) is 0.467. The molecule has 0 aliphatic heterocycles. The number of hydrogen-bond donors (Lipinski definition) is 0. The highest BCUT2D eigenvalue weighted by molar-refractivity contribution is 7.11. The molecule has 0 aromatic carbocycles. The summed E-state index contributed by atoms with van der Waals surface area (Å²) in [4.78, 5) is 17.7. The molecule has 2 aromatic heterocycles. The van der Waals surface area contributed by atoms with Crippen molar-refractivity contribution in [1.29, 1.82) is 0 Å². The molecule has 100 valence electrons. The molecule has 1 atom stereocenters. The number of fused-ring (bicyclic) bond motifs is 1. The van der Waals surface area contributed by atoms with Gasteiger partial charge in [0.15, 0.2) is 5.78 Å². The summed E-state index contributed by atoms with van der Waals surface area (Å²) in [5, 5.41) is 1.13. The fourth-order valence-corrected chi connectivity index (χ4v) is 3.62. The Morgan fingerprint density at radius 3 is 3.05 bits per heavy atom. The van der Waals surface area contributed by atoms with Gasteiger partial charge in [-0.2, -0.15) is 0 Å². The van der Waals surface area contributed by atoms with Gasteiger partial charge in [0.2, 0.25) is 0 Å². The molecule has 4 heteroatoms. The second kappa shape index (κ2) is 4.93. The van der Waals surface area contributed by atoms with Crippen molar-refractivity contribution in [2.45, 2.75) is 45.6 Å². The molecule has 19 heavy (non-hydrogen) atoms. The van der Waals surface area contributed by atoms with Gasteiger partial charge in [-0.25, -0.2) is 4.98 Å². The van der Waals surface area contributed by atoms with E-state index in [4.69, 9.17) is 0 Å². The summed E-state index contributed by atoms with van der Waals surface area (Å²) >= 11 is 1.77. The molecule has 3 rings (SSSR count). The maximum atomic E-state index is 11.9. The van der Waals surface area contributed by atoms with Crippen LogP contribution in [0.3, 0.4) is 0 Å². The van der Waals surface area contributed by atoms with Crippen LogP contribution in [0.1, 0.15) is 58.7 Å². The van der Waals surface area contributed by atoms with Gasteiger partial charge in [-0.15, -0.1) is 11.3 Å². The van der Waals surface area contributed by atoms with Crippen molar-refractivity contribution >= 4 is 17.1 Å². The molecule has 0 spiro atoms. The first-order valence-electron chi connectivity index (χ1n) is 6.88. The van der Waals surface area contributed by atoms with Gasteiger partial charge in [-0.1, -0.05) is 6.92 Å². The zero-order valence-electron chi connectivity index (χ0n) is 11.3. The number of hydrogen-bond acceptors (Lipinski definition) is 3. The number of thiazole rings is 1. The number of ketones is 1. The number of rotatable bonds is 3. The SMILES string of the molecule is CCc1cnc(C(C)n2ccc3c2CCCC3=O)s1. The van der Waals surface area contributed by atoms with Crippen LogP contribution < -0.4 is 0 Å². The molecule has 1 aliphatic rings. The monoisotopic (exact) mass is 274 g/mol. The molecule has 1 aliphatic carbocycles. The lowest BCUT2D eigenvalue weighted by molar-refractivity contribution is 0.0971. The summed E-state index contributed by atoms with van der Waals surface area (Å²) in [6, 6.07) is 2.20. The van der Waals surface area contributed by atoms with E-state index in [1.807, 2.05) is 18.5 Å². The lowest BCUT2D eigenvalue weighted by Crippen LogP contribution is -2.15. The highest BCUT2D eigenvalue weighted by Crippen LogP contribution is 2.30. The van der Waals surface area contributed by atoms with Crippen LogP contribution in [0.15, 0.2) is 18.5 Å². The summed E-state index contributed by atoms with van der Waals surface area (Å²) in [6.45, 7) is 4.32. The van der Waals surface area contributed by atoms with Crippen molar-refractivity contribution in [3.8, 4) is 0 Å². The number of nitrogens with zero attached hydrogens (tertiary/aromatic N) is 2. The van der Waals surface area contributed by atoms with Crippen LogP contribution in [-0.4, -0.2) is 15.3 Å². The highest BCUT2D eigenvalue weighted by atomic mass is 32.1. The van der Waals surface area contributed by atoms with E-state index < -0.39 is 0 Å². The Morgan fingerprint density at radius 1 is 1.47 bits per heavy atom. The standard InChI is InChI=1S/C15H18N2OS/c1-3-11-9-16-15(19-11)10(2)17-8-7-12-13(17)5-4-6-14(12)18/h7-10H,3-6H2,1-2H3. The molecule has 0 radical (unpaired) electrons. The number of Topliss-reactive ketones (excluding diaryl/α,β-unsaturated/α-hetero) is 1. The molecule has 1 unspecified atom stereocenters. The third kappa shape index (κ3) is 2.14. The molecule has 0 saturated heterocycles. The topological polar surface area (TPSA) is 34.9 Å². The quantitative estimate of drug-likeness (QED) is 0.856. The molecule has 0 N–H and O–H groups in total. The van der Waals surface area contributed by atoms with Crippen LogP contribution in [0, 0.1) is 0 Å². The second-order valence-electron chi connectivity index (χ2n) is 5.05. The fourth-order valence-electron chi connectivity index (χ4n) is 2.71. The van der Waals surface area contributed by atoms with Crippen LogP contribution in [0.5, 0.6) is 0 Å². The predicted molar refractivity (Wildman–Crippen MR) is 77.0 cm³/mol. The van der Waals surface area contributed by atoms with Gasteiger partial charge in [-0.05, 0) is 32.3 Å². The Hall–Kier alpha value is -1.42. The average Bonchev–Trinajstić information content (AvgIpc) is 3.05. The van der Waals surface area contributed by atoms with Gasteiger partial charge >= 0.3 is 0 Å². The van der Waals surface area contributed by atoms with Crippen molar-refractivity contribution in [2.75, 3.05) is 0 Å². The summed E-state index contributed by atoms with van der Waals surface area (Å²) in [6.07, 6.45) is 7.73. The zero-order valence-corrected chi connectivity index (χ0v) is 12.2. The van der Waals surface area contributed by atoms with Crippen molar-refractivity contribution in [3.63, 3.8) is 0 Å². The average molecular weight is 274 g/mol. The van der Waals surface area contributed by atoms with Crippen LogP contribution in [-0.2, 0) is 12.8 Å². The van der Waals surface area contributed by atoms with E-state index in [0.717, 1.165) is 29.8 Å². The Balaban J connectivity index is 1.96. The van der Waals surface area contributed by atoms with Gasteiger partial charge < -0.3 is 4.57 Å². The minimum absolute atomic E-state index is 0.222. The van der Waals surface area contributed by atoms with E-state index >= 15 is 0 Å². The molecule has 2 heterocycles. The predicted octanol–water partition coefficient (Wildman–Crippen LogP) is 3.64. The maximum Gasteiger partial charge on any atom is 0.164 e. The molecule has 0 bridgehead atoms. The molecular weight excluding hydrogens is 256 g/mol. The summed E-state index contributed by atoms with van der Waals surface area (Å²) < 4.78 is 2.23. The van der Waals surface area contributed by atoms with Gasteiger partial charge in [0, 0.05) is 34.9 Å². The first-order valence-corrected chi connectivity index (χ1v) is 7.70. The highest BCUT2D eigenvalue weighted by Gasteiger charge is 2.23. The minimum Gasteiger partial charge on any atom is -0.341 e. The van der Waals surface area contributed by atoms with E-state index in [-0.39, 0.29) is 6.04 Å². The summed E-state index contributed by atoms with van der Waals surface area (Å²) in [5.74, 6) is 0.292. The van der Waals surface area contributed by atoms with Gasteiger partial charge in [0.1, 0.15) is 5.01 Å². The van der Waals surface area contributed by atoms with Crippen LogP contribution in [0.4, 0.5) is 0 Å². The van der Waals surface area contributed by atoms with Crippen molar-refractivity contribution in [2.24, 2.45) is 0 Å². The first-order chi connectivity index (χ1) is 9.20. The van der Waals surface area contributed by atoms with E-state index in [1.165, 1.54) is 10.6 Å². The van der Waals surface area contributed by atoms with E-state index in [9.17, 15) is 4.79 Å². The number of aryl methyl sites for hydroxylation is 1. The molecule has 0 amide bonds. The molecule has 0 saturated carbocycles. The third-order valence-electron chi connectivity index (χ3n) is 3.84. The molecule has 3 nitrogen and oxygen atoms in total. The molecule has 0 fully saturated rings. The summed E-state index contributed by atoms with van der Waals surface area (Å²) in [5.41, 5.74) is 2.11. The van der Waals surface area contributed by atoms with Crippen LogP contribution >= 0.6 is 11.3 Å². The Bertz CT molecular complexity index is 611. The van der Waals surface area contributed by atoms with Crippen molar-refractivity contribution in [3.05, 3.63) is 39.6 Å². The Kier molecular flexibility index (Phi) is 3.27. The first kappa shape index (κ1) is 12.6. The van der Waals surface area contributed by atoms with Gasteiger partial charge in [-0.3, -0.25) is 4.79 Å². The largest absolute Gasteiger partial charge is 0.341 e. The maximum absolute atomic E-state index is 11.9. The summed E-state index contributed by atoms with van der Waals surface area (Å²) in [7, 11) is 0. The smallest absolute Gasteiger partial charge is 0.164 e. The van der Waals surface area contributed by atoms with Gasteiger partial charge in [0.05, 0.1) is 6.04 Å². The van der Waals surface area contributed by atoms with E-state index in [0.29, 0.717) is 12.2 Å². The second-order valence-corrected chi connectivity index (χ2v) is 6.20. The zero-order chi connectivity index (χ0) is 13.4. The number of carbonyl (C=O) groups excluding carboxylic acids is 1. The Labute approximate surface area is 117 Å². The van der Waals surface area contributed by atoms with Crippen molar-refractivity contribution < 1.29 is 4.79 Å². The van der Waals surface area contributed by atoms with Gasteiger partial charge in [0.25, 0.3) is 0 Å². The third-order valence-corrected chi connectivity index (χ3v) is 5.15.